The lowest BCUT2D eigenvalue weighted by molar-refractivity contribution is -0.157. The molecule has 0 radical (unpaired) electrons. The van der Waals surface area contributed by atoms with Crippen LogP contribution in [0.5, 0.6) is 0 Å². The van der Waals surface area contributed by atoms with Crippen LogP contribution in [0.4, 0.5) is 4.39 Å². The molecule has 3 rings (SSSR count). The van der Waals surface area contributed by atoms with Crippen molar-refractivity contribution >= 4 is 17.2 Å². The number of piperidine rings is 1. The SMILES string of the molecule is Cc1nc(CNCC2(O)CCCN(Cc3ccccc3F)C2=O)sc1C. The minimum Gasteiger partial charge on any atom is -0.379 e. The number of carbonyl (C=O) groups is 1. The summed E-state index contributed by atoms with van der Waals surface area (Å²) in [6.45, 7) is 5.38. The van der Waals surface area contributed by atoms with Crippen molar-refractivity contribution in [3.63, 3.8) is 0 Å². The van der Waals surface area contributed by atoms with Crippen LogP contribution >= 0.6 is 11.3 Å². The highest BCUT2D eigenvalue weighted by molar-refractivity contribution is 7.11. The second-order valence-electron chi connectivity index (χ2n) is 6.81. The molecule has 0 saturated carbocycles. The molecule has 26 heavy (non-hydrogen) atoms. The van der Waals surface area contributed by atoms with Gasteiger partial charge in [0.1, 0.15) is 10.8 Å². The standard InChI is InChI=1S/C19H24FN3O2S/c1-13-14(2)26-17(22-13)10-21-12-19(25)8-5-9-23(18(19)24)11-15-6-3-4-7-16(15)20/h3-4,6-7,21,25H,5,8-12H2,1-2H3. The van der Waals surface area contributed by atoms with Gasteiger partial charge in [-0.3, -0.25) is 4.79 Å². The maximum atomic E-state index is 13.9. The van der Waals surface area contributed by atoms with Gasteiger partial charge in [0.05, 0.1) is 5.69 Å². The molecule has 2 aromatic rings. The van der Waals surface area contributed by atoms with Crippen LogP contribution in [0.2, 0.25) is 0 Å². The third kappa shape index (κ3) is 4.11. The molecule has 1 aromatic carbocycles. The van der Waals surface area contributed by atoms with E-state index in [4.69, 9.17) is 0 Å². The van der Waals surface area contributed by atoms with E-state index < -0.39 is 5.60 Å². The van der Waals surface area contributed by atoms with Crippen molar-refractivity contribution in [1.29, 1.82) is 0 Å². The summed E-state index contributed by atoms with van der Waals surface area (Å²) in [6, 6.07) is 6.43. The monoisotopic (exact) mass is 377 g/mol. The Labute approximate surface area is 156 Å². The van der Waals surface area contributed by atoms with Crippen molar-refractivity contribution in [2.24, 2.45) is 0 Å². The number of amides is 1. The molecule has 2 heterocycles. The number of aryl methyl sites for hydroxylation is 2. The van der Waals surface area contributed by atoms with E-state index in [2.05, 4.69) is 10.3 Å². The summed E-state index contributed by atoms with van der Waals surface area (Å²) >= 11 is 1.61. The van der Waals surface area contributed by atoms with Crippen LogP contribution in [0.25, 0.3) is 0 Å². The number of benzene rings is 1. The Morgan fingerprint density at radius 3 is 2.85 bits per heavy atom. The van der Waals surface area contributed by atoms with Crippen LogP contribution in [-0.4, -0.2) is 39.6 Å². The summed E-state index contributed by atoms with van der Waals surface area (Å²) < 4.78 is 13.9. The van der Waals surface area contributed by atoms with Crippen molar-refractivity contribution in [3.8, 4) is 0 Å². The molecule has 140 valence electrons. The van der Waals surface area contributed by atoms with Crippen LogP contribution in [0.15, 0.2) is 24.3 Å². The quantitative estimate of drug-likeness (QED) is 0.812. The summed E-state index contributed by atoms with van der Waals surface area (Å²) in [5.41, 5.74) is 0.0207. The number of hydrogen-bond acceptors (Lipinski definition) is 5. The molecule has 1 amide bonds. The number of aliphatic hydroxyl groups is 1. The second kappa shape index (κ2) is 7.82. The van der Waals surface area contributed by atoms with Gasteiger partial charge in [0.2, 0.25) is 0 Å². The van der Waals surface area contributed by atoms with E-state index in [-0.39, 0.29) is 24.8 Å². The summed E-state index contributed by atoms with van der Waals surface area (Å²) in [7, 11) is 0. The van der Waals surface area contributed by atoms with Crippen molar-refractivity contribution in [2.75, 3.05) is 13.1 Å². The maximum absolute atomic E-state index is 13.9. The molecule has 5 nitrogen and oxygen atoms in total. The normalized spacial score (nSPS) is 20.6. The van der Waals surface area contributed by atoms with Gasteiger partial charge in [-0.15, -0.1) is 11.3 Å². The smallest absolute Gasteiger partial charge is 0.256 e. The van der Waals surface area contributed by atoms with E-state index in [0.717, 1.165) is 10.7 Å². The Balaban J connectivity index is 1.61. The van der Waals surface area contributed by atoms with E-state index in [1.54, 1.807) is 34.4 Å². The first kappa shape index (κ1) is 18.9. The first-order chi connectivity index (χ1) is 12.4. The van der Waals surface area contributed by atoms with Crippen LogP contribution in [-0.2, 0) is 17.9 Å². The number of rotatable bonds is 6. The molecule has 7 heteroatoms. The Kier molecular flexibility index (Phi) is 5.70. The van der Waals surface area contributed by atoms with E-state index in [1.807, 2.05) is 13.8 Å². The van der Waals surface area contributed by atoms with E-state index >= 15 is 0 Å². The fourth-order valence-corrected chi connectivity index (χ4v) is 4.11. The zero-order chi connectivity index (χ0) is 18.7. The predicted molar refractivity (Wildman–Crippen MR) is 99.3 cm³/mol. The highest BCUT2D eigenvalue weighted by Crippen LogP contribution is 2.25. The van der Waals surface area contributed by atoms with Gasteiger partial charge in [-0.25, -0.2) is 9.37 Å². The van der Waals surface area contributed by atoms with Crippen molar-refractivity contribution in [3.05, 3.63) is 51.2 Å². The van der Waals surface area contributed by atoms with Gasteiger partial charge in [-0.1, -0.05) is 18.2 Å². The molecular weight excluding hydrogens is 353 g/mol. The summed E-state index contributed by atoms with van der Waals surface area (Å²) in [6.07, 6.45) is 1.09. The van der Waals surface area contributed by atoms with Gasteiger partial charge in [0, 0.05) is 36.6 Å². The third-order valence-electron chi connectivity index (χ3n) is 4.79. The van der Waals surface area contributed by atoms with E-state index in [1.165, 1.54) is 10.9 Å². The lowest BCUT2D eigenvalue weighted by Crippen LogP contribution is -2.57. The first-order valence-electron chi connectivity index (χ1n) is 8.78. The molecule has 1 unspecified atom stereocenters. The average Bonchev–Trinajstić information content (AvgIpc) is 2.92. The summed E-state index contributed by atoms with van der Waals surface area (Å²) in [4.78, 5) is 19.9. The minimum absolute atomic E-state index is 0.164. The van der Waals surface area contributed by atoms with Crippen LogP contribution < -0.4 is 5.32 Å². The van der Waals surface area contributed by atoms with Gasteiger partial charge in [-0.05, 0) is 32.8 Å². The second-order valence-corrected chi connectivity index (χ2v) is 8.09. The predicted octanol–water partition coefficient (Wildman–Crippen LogP) is 2.54. The minimum atomic E-state index is -1.45. The Bertz CT molecular complexity index is 775. The molecule has 0 bridgehead atoms. The maximum Gasteiger partial charge on any atom is 0.256 e. The Morgan fingerprint density at radius 2 is 2.15 bits per heavy atom. The number of carbonyl (C=O) groups excluding carboxylic acids is 1. The molecule has 0 spiro atoms. The zero-order valence-electron chi connectivity index (χ0n) is 15.1. The van der Waals surface area contributed by atoms with Gasteiger partial charge in [-0.2, -0.15) is 0 Å². The highest BCUT2D eigenvalue weighted by atomic mass is 32.1. The molecule has 0 aliphatic carbocycles. The molecule has 1 fully saturated rings. The molecule has 1 saturated heterocycles. The summed E-state index contributed by atoms with van der Waals surface area (Å²) in [5.74, 6) is -0.673. The molecule has 1 atom stereocenters. The topological polar surface area (TPSA) is 65.5 Å². The number of likely N-dealkylation sites (tertiary alicyclic amines) is 1. The van der Waals surface area contributed by atoms with Gasteiger partial charge in [0.25, 0.3) is 5.91 Å². The molecular formula is C19H24FN3O2S. The van der Waals surface area contributed by atoms with Crippen molar-refractivity contribution in [1.82, 2.24) is 15.2 Å². The Morgan fingerprint density at radius 1 is 1.38 bits per heavy atom. The van der Waals surface area contributed by atoms with Gasteiger partial charge >= 0.3 is 0 Å². The molecule has 1 aromatic heterocycles. The number of nitrogens with one attached hydrogen (secondary N) is 1. The van der Waals surface area contributed by atoms with Gasteiger partial charge < -0.3 is 15.3 Å². The van der Waals surface area contributed by atoms with Crippen molar-refractivity contribution < 1.29 is 14.3 Å². The third-order valence-corrected chi connectivity index (χ3v) is 5.86. The number of halogens is 1. The van der Waals surface area contributed by atoms with Crippen LogP contribution in [0, 0.1) is 19.7 Å². The van der Waals surface area contributed by atoms with Crippen LogP contribution in [0.1, 0.15) is 34.0 Å². The number of nitrogens with zero attached hydrogens (tertiary/aromatic N) is 2. The highest BCUT2D eigenvalue weighted by Gasteiger charge is 2.41. The zero-order valence-corrected chi connectivity index (χ0v) is 15.9. The fraction of sp³-hybridized carbons (Fsp3) is 0.474. The van der Waals surface area contributed by atoms with E-state index in [0.29, 0.717) is 31.5 Å². The average molecular weight is 377 g/mol. The first-order valence-corrected chi connectivity index (χ1v) is 9.59. The van der Waals surface area contributed by atoms with Gasteiger partial charge in [0.15, 0.2) is 5.60 Å². The molecule has 1 aliphatic rings. The number of thiazole rings is 1. The molecule has 1 aliphatic heterocycles. The number of aromatic nitrogens is 1. The van der Waals surface area contributed by atoms with Crippen molar-refractivity contribution in [2.45, 2.75) is 45.4 Å². The fourth-order valence-electron chi connectivity index (χ4n) is 3.20. The van der Waals surface area contributed by atoms with Crippen LogP contribution in [0.3, 0.4) is 0 Å². The lowest BCUT2D eigenvalue weighted by atomic mass is 9.91. The lowest BCUT2D eigenvalue weighted by Gasteiger charge is -2.38. The number of hydrogen-bond donors (Lipinski definition) is 2. The summed E-state index contributed by atoms with van der Waals surface area (Å²) in [5, 5.41) is 14.9. The largest absolute Gasteiger partial charge is 0.379 e. The molecule has 2 N–H and O–H groups in total. The van der Waals surface area contributed by atoms with E-state index in [9.17, 15) is 14.3 Å². The Hall–Kier alpha value is -1.83.